The van der Waals surface area contributed by atoms with E-state index in [1.807, 2.05) is 0 Å². The molecular formula is C13H16Br2ClNO. The number of benzene rings is 1. The molecule has 0 aliphatic rings. The van der Waals surface area contributed by atoms with Crippen molar-refractivity contribution in [3.63, 3.8) is 0 Å². The first-order chi connectivity index (χ1) is 8.43. The third kappa shape index (κ3) is 4.90. The molecule has 0 saturated heterocycles. The van der Waals surface area contributed by atoms with Crippen LogP contribution in [0.1, 0.15) is 30.6 Å². The second kappa shape index (κ2) is 7.51. The summed E-state index contributed by atoms with van der Waals surface area (Å²) in [5.41, 5.74) is 0.612. The van der Waals surface area contributed by atoms with Crippen LogP contribution in [0.3, 0.4) is 0 Å². The molecule has 1 aromatic carbocycles. The van der Waals surface area contributed by atoms with Crippen molar-refractivity contribution in [1.29, 1.82) is 0 Å². The Morgan fingerprint density at radius 2 is 2.11 bits per heavy atom. The predicted molar refractivity (Wildman–Crippen MR) is 83.7 cm³/mol. The zero-order valence-electron chi connectivity index (χ0n) is 10.3. The summed E-state index contributed by atoms with van der Waals surface area (Å²) in [7, 11) is 0. The zero-order valence-corrected chi connectivity index (χ0v) is 14.3. The molecule has 0 aliphatic heterocycles. The summed E-state index contributed by atoms with van der Waals surface area (Å²) < 4.78 is 0.732. The summed E-state index contributed by atoms with van der Waals surface area (Å²) in [6, 6.07) is 5.32. The Kier molecular flexibility index (Phi) is 6.67. The summed E-state index contributed by atoms with van der Waals surface area (Å²) in [4.78, 5) is 12.1. The molecule has 2 nitrogen and oxygen atoms in total. The van der Waals surface area contributed by atoms with E-state index in [4.69, 9.17) is 11.6 Å². The van der Waals surface area contributed by atoms with Gasteiger partial charge < -0.3 is 5.32 Å². The average Bonchev–Trinajstić information content (AvgIpc) is 2.31. The highest BCUT2D eigenvalue weighted by molar-refractivity contribution is 9.10. The Hall–Kier alpha value is -0.0600. The quantitative estimate of drug-likeness (QED) is 0.721. The van der Waals surface area contributed by atoms with E-state index in [2.05, 4.69) is 51.0 Å². The summed E-state index contributed by atoms with van der Waals surface area (Å²) in [6.45, 7) is 4.28. The van der Waals surface area contributed by atoms with Crippen LogP contribution < -0.4 is 5.32 Å². The van der Waals surface area contributed by atoms with E-state index < -0.39 is 0 Å². The van der Waals surface area contributed by atoms with Gasteiger partial charge in [-0.25, -0.2) is 0 Å². The van der Waals surface area contributed by atoms with E-state index >= 15 is 0 Å². The molecule has 0 radical (unpaired) electrons. The number of rotatable bonds is 5. The van der Waals surface area contributed by atoms with Gasteiger partial charge >= 0.3 is 0 Å². The van der Waals surface area contributed by atoms with Crippen LogP contribution in [0.25, 0.3) is 0 Å². The Bertz CT molecular complexity index is 423. The number of amides is 1. The molecule has 0 saturated carbocycles. The van der Waals surface area contributed by atoms with Gasteiger partial charge in [0.2, 0.25) is 0 Å². The normalized spacial score (nSPS) is 12.6. The molecule has 1 atom stereocenters. The van der Waals surface area contributed by atoms with Crippen LogP contribution in [0.2, 0.25) is 5.02 Å². The Labute approximate surface area is 130 Å². The first kappa shape index (κ1) is 16.0. The van der Waals surface area contributed by atoms with Crippen molar-refractivity contribution >= 4 is 49.4 Å². The maximum atomic E-state index is 12.1. The lowest BCUT2D eigenvalue weighted by atomic mass is 10.0. The van der Waals surface area contributed by atoms with Gasteiger partial charge in [0.15, 0.2) is 0 Å². The van der Waals surface area contributed by atoms with Crippen molar-refractivity contribution in [1.82, 2.24) is 5.32 Å². The van der Waals surface area contributed by atoms with Gasteiger partial charge in [0.05, 0.1) is 5.02 Å². The number of nitrogens with one attached hydrogen (secondary N) is 1. The highest BCUT2D eigenvalue weighted by Gasteiger charge is 2.14. The predicted octanol–water partition coefficient (Wildman–Crippen LogP) is 4.64. The third-order valence-electron chi connectivity index (χ3n) is 2.46. The van der Waals surface area contributed by atoms with E-state index in [0.717, 1.165) is 16.2 Å². The van der Waals surface area contributed by atoms with Crippen molar-refractivity contribution in [2.45, 2.75) is 26.3 Å². The first-order valence-corrected chi connectivity index (χ1v) is 8.05. The molecule has 0 aliphatic carbocycles. The molecule has 0 bridgehead atoms. The van der Waals surface area contributed by atoms with Crippen LogP contribution in [-0.2, 0) is 0 Å². The second-order valence-electron chi connectivity index (χ2n) is 4.58. The largest absolute Gasteiger partial charge is 0.348 e. The van der Waals surface area contributed by atoms with Crippen LogP contribution in [-0.4, -0.2) is 17.3 Å². The molecule has 18 heavy (non-hydrogen) atoms. The number of carbonyl (C=O) groups is 1. The van der Waals surface area contributed by atoms with Crippen molar-refractivity contribution < 1.29 is 4.79 Å². The lowest BCUT2D eigenvalue weighted by Crippen LogP contribution is -2.37. The lowest BCUT2D eigenvalue weighted by molar-refractivity contribution is 0.0937. The highest BCUT2D eigenvalue weighted by Crippen LogP contribution is 2.23. The van der Waals surface area contributed by atoms with Crippen LogP contribution in [0, 0.1) is 5.92 Å². The lowest BCUT2D eigenvalue weighted by Gasteiger charge is -2.18. The molecule has 100 valence electrons. The Morgan fingerprint density at radius 3 is 2.61 bits per heavy atom. The van der Waals surface area contributed by atoms with Crippen LogP contribution in [0.5, 0.6) is 0 Å². The van der Waals surface area contributed by atoms with E-state index in [9.17, 15) is 4.79 Å². The number of carbonyl (C=O) groups excluding carboxylic acids is 1. The summed E-state index contributed by atoms with van der Waals surface area (Å²) in [5.74, 6) is 0.474. The average molecular weight is 398 g/mol. The fraction of sp³-hybridized carbons (Fsp3) is 0.462. The van der Waals surface area contributed by atoms with Gasteiger partial charge in [-0.2, -0.15) is 0 Å². The molecule has 0 heterocycles. The number of hydrogen-bond acceptors (Lipinski definition) is 1. The minimum Gasteiger partial charge on any atom is -0.348 e. The maximum Gasteiger partial charge on any atom is 0.251 e. The van der Waals surface area contributed by atoms with Crippen LogP contribution in [0.15, 0.2) is 22.7 Å². The van der Waals surface area contributed by atoms with Gasteiger partial charge in [0.1, 0.15) is 0 Å². The fourth-order valence-corrected chi connectivity index (χ4v) is 2.56. The smallest absolute Gasteiger partial charge is 0.251 e. The molecule has 0 fully saturated rings. The highest BCUT2D eigenvalue weighted by atomic mass is 79.9. The molecule has 1 unspecified atom stereocenters. The van der Waals surface area contributed by atoms with E-state index in [1.54, 1.807) is 18.2 Å². The minimum absolute atomic E-state index is 0.0718. The maximum absolute atomic E-state index is 12.1. The Morgan fingerprint density at radius 1 is 1.44 bits per heavy atom. The van der Waals surface area contributed by atoms with Crippen molar-refractivity contribution in [3.05, 3.63) is 33.3 Å². The minimum atomic E-state index is -0.0718. The van der Waals surface area contributed by atoms with Crippen molar-refractivity contribution in [2.24, 2.45) is 5.92 Å². The molecule has 0 spiro atoms. The van der Waals surface area contributed by atoms with E-state index in [-0.39, 0.29) is 11.9 Å². The summed E-state index contributed by atoms with van der Waals surface area (Å²) in [5, 5.41) is 4.37. The molecule has 0 aromatic heterocycles. The van der Waals surface area contributed by atoms with E-state index in [1.165, 1.54) is 0 Å². The number of halogens is 3. The van der Waals surface area contributed by atoms with Gasteiger partial charge in [0.25, 0.3) is 5.91 Å². The molecule has 1 amide bonds. The van der Waals surface area contributed by atoms with Gasteiger partial charge in [0, 0.05) is 21.4 Å². The molecule has 1 rings (SSSR count). The van der Waals surface area contributed by atoms with Gasteiger partial charge in [-0.1, -0.05) is 41.4 Å². The van der Waals surface area contributed by atoms with E-state index in [0.29, 0.717) is 16.5 Å². The molecule has 1 aromatic rings. The standard InChI is InChI=1S/C13H16Br2ClNO/c1-8(2)5-10(7-14)17-13(18)9-3-4-12(16)11(15)6-9/h3-4,6,8,10H,5,7H2,1-2H3,(H,17,18). The van der Waals surface area contributed by atoms with Gasteiger partial charge in [-0.05, 0) is 46.5 Å². The van der Waals surface area contributed by atoms with Crippen molar-refractivity contribution in [3.8, 4) is 0 Å². The second-order valence-corrected chi connectivity index (χ2v) is 6.49. The Balaban J connectivity index is 2.71. The van der Waals surface area contributed by atoms with Gasteiger partial charge in [-0.15, -0.1) is 0 Å². The number of hydrogen-bond donors (Lipinski definition) is 1. The SMILES string of the molecule is CC(C)CC(CBr)NC(=O)c1ccc(Cl)c(Br)c1. The first-order valence-electron chi connectivity index (χ1n) is 5.76. The van der Waals surface area contributed by atoms with Crippen LogP contribution in [0.4, 0.5) is 0 Å². The van der Waals surface area contributed by atoms with Crippen LogP contribution >= 0.6 is 43.5 Å². The molecular weight excluding hydrogens is 381 g/mol. The monoisotopic (exact) mass is 395 g/mol. The molecule has 1 N–H and O–H groups in total. The fourth-order valence-electron chi connectivity index (χ4n) is 1.64. The van der Waals surface area contributed by atoms with Gasteiger partial charge in [-0.3, -0.25) is 4.79 Å². The number of alkyl halides is 1. The topological polar surface area (TPSA) is 29.1 Å². The third-order valence-corrected chi connectivity index (χ3v) is 4.45. The zero-order chi connectivity index (χ0) is 13.7. The van der Waals surface area contributed by atoms with Crippen molar-refractivity contribution in [2.75, 3.05) is 5.33 Å². The molecule has 5 heteroatoms. The summed E-state index contributed by atoms with van der Waals surface area (Å²) in [6.07, 6.45) is 0.950. The summed E-state index contributed by atoms with van der Waals surface area (Å²) >= 11 is 12.6.